The van der Waals surface area contributed by atoms with Crippen molar-refractivity contribution in [1.82, 2.24) is 45.7 Å². The smallest absolute Gasteiger partial charge is 0.344 e. The van der Waals surface area contributed by atoms with Crippen LogP contribution in [0.3, 0.4) is 0 Å². The molecule has 2 N–H and O–H groups in total. The van der Waals surface area contributed by atoms with Gasteiger partial charge in [0.15, 0.2) is 11.3 Å². The van der Waals surface area contributed by atoms with Gasteiger partial charge in [0, 0.05) is 19.0 Å². The van der Waals surface area contributed by atoms with Crippen molar-refractivity contribution in [3.05, 3.63) is 65.1 Å². The number of carbonyl (C=O) groups excluding carboxylic acids is 2. The van der Waals surface area contributed by atoms with Crippen molar-refractivity contribution in [3.8, 4) is 0 Å². The molecule has 256 valence electrons. The van der Waals surface area contributed by atoms with Gasteiger partial charge in [0.05, 0.1) is 35.2 Å². The van der Waals surface area contributed by atoms with Gasteiger partial charge in [0.25, 0.3) is 12.3 Å². The monoisotopic (exact) mass is 683 g/mol. The number of nitrogens with zero attached hydrogens (tertiary/aromatic N) is 7. The topological polar surface area (TPSA) is 153 Å². The van der Waals surface area contributed by atoms with Crippen LogP contribution in [0.2, 0.25) is 0 Å². The molecule has 0 bridgehead atoms. The van der Waals surface area contributed by atoms with Gasteiger partial charge >= 0.3 is 6.18 Å². The molecule has 1 aliphatic carbocycles. The zero-order valence-corrected chi connectivity index (χ0v) is 24.9. The van der Waals surface area contributed by atoms with Gasteiger partial charge in [-0.15, -0.1) is 0 Å². The lowest BCUT2D eigenvalue weighted by Crippen LogP contribution is -2.39. The Balaban J connectivity index is 1.29. The fourth-order valence-corrected chi connectivity index (χ4v) is 6.44. The van der Waals surface area contributed by atoms with Crippen molar-refractivity contribution in [1.29, 1.82) is 0 Å². The van der Waals surface area contributed by atoms with Crippen LogP contribution in [0, 0.1) is 11.3 Å². The molecule has 19 heteroatoms. The third-order valence-corrected chi connectivity index (χ3v) is 8.98. The largest absolute Gasteiger partial charge is 0.408 e. The molecule has 1 saturated carbocycles. The first-order chi connectivity index (χ1) is 22.7. The predicted molar refractivity (Wildman–Crippen MR) is 148 cm³/mol. The zero-order valence-electron chi connectivity index (χ0n) is 24.9. The molecular formula is C29H28F7N9O3. The first-order valence-electron chi connectivity index (χ1n) is 15.0. The van der Waals surface area contributed by atoms with E-state index in [1.807, 2.05) is 0 Å². The fraction of sp³-hybridized carbons (Fsp3) is 0.517. The van der Waals surface area contributed by atoms with Crippen molar-refractivity contribution in [2.75, 3.05) is 0 Å². The Morgan fingerprint density at radius 2 is 1.96 bits per heavy atom. The first kappa shape index (κ1) is 33.2. The van der Waals surface area contributed by atoms with Gasteiger partial charge in [0.1, 0.15) is 6.04 Å². The maximum Gasteiger partial charge on any atom is 0.408 e. The van der Waals surface area contributed by atoms with Crippen LogP contribution in [-0.2, 0) is 17.6 Å². The summed E-state index contributed by atoms with van der Waals surface area (Å²) in [6, 6.07) is 1.74. The number of rotatable bonds is 10. The van der Waals surface area contributed by atoms with E-state index in [-0.39, 0.29) is 43.4 Å². The minimum atomic E-state index is -4.66. The van der Waals surface area contributed by atoms with Gasteiger partial charge in [-0.1, -0.05) is 0 Å². The normalized spacial score (nSPS) is 22.2. The van der Waals surface area contributed by atoms with E-state index in [0.29, 0.717) is 11.3 Å². The van der Waals surface area contributed by atoms with Crippen LogP contribution in [0.4, 0.5) is 30.7 Å². The Morgan fingerprint density at radius 3 is 2.62 bits per heavy atom. The highest BCUT2D eigenvalue weighted by molar-refractivity contribution is 5.93. The summed E-state index contributed by atoms with van der Waals surface area (Å²) < 4.78 is 102. The average molecular weight is 684 g/mol. The molecule has 5 heterocycles. The van der Waals surface area contributed by atoms with Crippen molar-refractivity contribution in [3.63, 3.8) is 0 Å². The maximum atomic E-state index is 14.0. The van der Waals surface area contributed by atoms with Crippen LogP contribution < -0.4 is 10.6 Å². The van der Waals surface area contributed by atoms with E-state index in [2.05, 4.69) is 45.9 Å². The maximum absolute atomic E-state index is 14.0. The Bertz CT molecular complexity index is 1770. The van der Waals surface area contributed by atoms with Crippen LogP contribution in [0.15, 0.2) is 41.4 Å². The van der Waals surface area contributed by atoms with Crippen LogP contribution in [0.25, 0.3) is 5.65 Å². The Morgan fingerprint density at radius 1 is 1.19 bits per heavy atom. The number of fused-ring (bicyclic) bond motifs is 1. The number of hydrogen-bond donors (Lipinski definition) is 2. The third kappa shape index (κ3) is 6.94. The second-order valence-electron chi connectivity index (χ2n) is 12.2. The number of halogens is 7. The summed E-state index contributed by atoms with van der Waals surface area (Å²) in [5.41, 5.74) is -1.96. The number of aryl methyl sites for hydroxylation is 1. The van der Waals surface area contributed by atoms with Crippen molar-refractivity contribution in [2.24, 2.45) is 11.3 Å². The van der Waals surface area contributed by atoms with Gasteiger partial charge < -0.3 is 10.6 Å². The Kier molecular flexibility index (Phi) is 8.80. The lowest BCUT2D eigenvalue weighted by Gasteiger charge is -2.33. The minimum Gasteiger partial charge on any atom is -0.344 e. The van der Waals surface area contributed by atoms with Gasteiger partial charge in [-0.05, 0) is 78.5 Å². The molecule has 1 saturated heterocycles. The SMILES string of the molecule is O=C(N[C@H](c1cn2ncc(C[C@@]3(CCc4cccnn4)C[C@@H](C(F)(F)F)NC3=O)cc2n1)C1CCC(F)(F)CC1)c1nonc1C(F)F. The molecule has 2 aliphatic rings. The van der Waals surface area contributed by atoms with Gasteiger partial charge in [0.2, 0.25) is 17.5 Å². The van der Waals surface area contributed by atoms with Crippen LogP contribution in [-0.4, -0.2) is 65.1 Å². The van der Waals surface area contributed by atoms with E-state index in [1.54, 1.807) is 12.1 Å². The lowest BCUT2D eigenvalue weighted by molar-refractivity contribution is -0.155. The highest BCUT2D eigenvalue weighted by atomic mass is 19.4. The second kappa shape index (κ2) is 12.7. The minimum absolute atomic E-state index is 0.0208. The first-order valence-corrected chi connectivity index (χ1v) is 15.0. The number of amides is 2. The quantitative estimate of drug-likeness (QED) is 0.226. The number of alkyl halides is 7. The molecule has 0 radical (unpaired) electrons. The van der Waals surface area contributed by atoms with Gasteiger partial charge in [-0.2, -0.15) is 28.5 Å². The van der Waals surface area contributed by atoms with E-state index in [1.165, 1.54) is 29.2 Å². The summed E-state index contributed by atoms with van der Waals surface area (Å²) in [4.78, 5) is 30.8. The molecular weight excluding hydrogens is 655 g/mol. The molecule has 6 rings (SSSR count). The van der Waals surface area contributed by atoms with Crippen LogP contribution in [0.5, 0.6) is 0 Å². The number of imidazole rings is 1. The summed E-state index contributed by atoms with van der Waals surface area (Å²) in [5, 5.41) is 23.1. The molecule has 0 spiro atoms. The molecule has 2 fully saturated rings. The molecule has 12 nitrogen and oxygen atoms in total. The molecule has 2 amide bonds. The predicted octanol–water partition coefficient (Wildman–Crippen LogP) is 4.75. The standard InChI is InChI=1S/C29H28F7N9O3/c30-24(31)22-23(44-48-43-22)25(46)41-21(16-3-7-28(32,33)8-4-16)18-14-45-20(39-18)10-15(13-38-45)11-27(6-5-17-2-1-9-37-42-17)12-19(29(34,35)36)40-26(27)47/h1-2,9-10,13-14,16,19,21,24H,3-8,11-12H2,(H,40,47)(H,41,46)/t19-,21-,27-/m0/s1. The van der Waals surface area contributed by atoms with Gasteiger partial charge in [-0.3, -0.25) is 9.59 Å². The molecule has 1 aliphatic heterocycles. The number of nitrogens with one attached hydrogen (secondary N) is 2. The molecule has 4 aromatic heterocycles. The van der Waals surface area contributed by atoms with Crippen LogP contribution >= 0.6 is 0 Å². The Hall–Kier alpha value is -4.71. The highest BCUT2D eigenvalue weighted by Crippen LogP contribution is 2.44. The summed E-state index contributed by atoms with van der Waals surface area (Å²) in [6.07, 6.45) is -4.96. The molecule has 48 heavy (non-hydrogen) atoms. The number of aromatic nitrogens is 7. The van der Waals surface area contributed by atoms with Gasteiger partial charge in [-0.25, -0.2) is 31.7 Å². The molecule has 4 aromatic rings. The molecule has 0 unspecified atom stereocenters. The second-order valence-corrected chi connectivity index (χ2v) is 12.2. The fourth-order valence-electron chi connectivity index (χ4n) is 6.44. The lowest BCUT2D eigenvalue weighted by atomic mass is 9.75. The Labute approximate surface area is 266 Å². The number of carbonyl (C=O) groups is 2. The van der Waals surface area contributed by atoms with E-state index < -0.39 is 84.4 Å². The van der Waals surface area contributed by atoms with Crippen LogP contribution in [0.1, 0.15) is 84.1 Å². The van der Waals surface area contributed by atoms with Crippen molar-refractivity contribution in [2.45, 2.75) is 82.0 Å². The third-order valence-electron chi connectivity index (χ3n) is 8.98. The molecule has 3 atom stereocenters. The molecule has 0 aromatic carbocycles. The summed E-state index contributed by atoms with van der Waals surface area (Å²) in [5.74, 6) is -5.31. The summed E-state index contributed by atoms with van der Waals surface area (Å²) >= 11 is 0. The van der Waals surface area contributed by atoms with E-state index in [4.69, 9.17) is 0 Å². The zero-order chi connectivity index (χ0) is 34.3. The van der Waals surface area contributed by atoms with E-state index in [0.717, 1.165) is 0 Å². The highest BCUT2D eigenvalue weighted by Gasteiger charge is 2.55. The average Bonchev–Trinajstić information content (AvgIpc) is 3.77. The number of hydrogen-bond acceptors (Lipinski definition) is 9. The van der Waals surface area contributed by atoms with Crippen molar-refractivity contribution >= 4 is 17.5 Å². The van der Waals surface area contributed by atoms with Crippen molar-refractivity contribution < 1.29 is 45.0 Å². The summed E-state index contributed by atoms with van der Waals surface area (Å²) in [7, 11) is 0. The van der Waals surface area contributed by atoms with E-state index in [9.17, 15) is 40.3 Å². The summed E-state index contributed by atoms with van der Waals surface area (Å²) in [6.45, 7) is 0. The van der Waals surface area contributed by atoms with E-state index >= 15 is 0 Å².